The molecule has 0 radical (unpaired) electrons. The van der Waals surface area contributed by atoms with Crippen LogP contribution in [-0.2, 0) is 14.8 Å². The summed E-state index contributed by atoms with van der Waals surface area (Å²) in [7, 11) is -3.83. The van der Waals surface area contributed by atoms with E-state index in [9.17, 15) is 18.0 Å². The highest BCUT2D eigenvalue weighted by Gasteiger charge is 2.15. The first-order valence-corrected chi connectivity index (χ1v) is 8.28. The van der Waals surface area contributed by atoms with Crippen LogP contribution in [0.3, 0.4) is 0 Å². The van der Waals surface area contributed by atoms with Gasteiger partial charge in [-0.2, -0.15) is 0 Å². The quantitative estimate of drug-likeness (QED) is 0.823. The molecule has 2 aromatic carbocycles. The number of carbonyl (C=O) groups excluding carboxylic acids is 2. The van der Waals surface area contributed by atoms with Crippen LogP contribution in [0.2, 0.25) is 0 Å². The molecule has 2 aromatic rings. The SMILES string of the molecule is CC(=O)Nc1cccc(NS(=O)(=O)c2cccc(C(C)=O)c2)c1. The number of hydrogen-bond donors (Lipinski definition) is 2. The molecule has 0 aliphatic heterocycles. The number of benzene rings is 2. The molecule has 120 valence electrons. The predicted molar refractivity (Wildman–Crippen MR) is 88.0 cm³/mol. The summed E-state index contributed by atoms with van der Waals surface area (Å²) in [6, 6.07) is 12.1. The van der Waals surface area contributed by atoms with Crippen molar-refractivity contribution in [3.63, 3.8) is 0 Å². The summed E-state index contributed by atoms with van der Waals surface area (Å²) in [5, 5.41) is 2.58. The van der Waals surface area contributed by atoms with E-state index in [4.69, 9.17) is 0 Å². The highest BCUT2D eigenvalue weighted by molar-refractivity contribution is 7.92. The lowest BCUT2D eigenvalue weighted by molar-refractivity contribution is -0.114. The Morgan fingerprint density at radius 3 is 2.22 bits per heavy atom. The second kappa shape index (κ2) is 6.62. The van der Waals surface area contributed by atoms with Crippen molar-refractivity contribution < 1.29 is 18.0 Å². The Bertz CT molecular complexity index is 860. The summed E-state index contributed by atoms with van der Waals surface area (Å²) in [5.74, 6) is -0.464. The number of rotatable bonds is 5. The fourth-order valence-electron chi connectivity index (χ4n) is 1.96. The highest BCUT2D eigenvalue weighted by Crippen LogP contribution is 2.20. The molecule has 0 aliphatic rings. The second-order valence-corrected chi connectivity index (χ2v) is 6.63. The van der Waals surface area contributed by atoms with Crippen LogP contribution in [0.25, 0.3) is 0 Å². The lowest BCUT2D eigenvalue weighted by Crippen LogP contribution is -2.14. The van der Waals surface area contributed by atoms with Crippen molar-refractivity contribution in [3.05, 3.63) is 54.1 Å². The maximum Gasteiger partial charge on any atom is 0.261 e. The monoisotopic (exact) mass is 332 g/mol. The number of Topliss-reactive ketones (excluding diaryl/α,β-unsaturated/α-hetero) is 1. The standard InChI is InChI=1S/C16H16N2O4S/c1-11(19)13-5-3-8-16(9-13)23(21,22)18-15-7-4-6-14(10-15)17-12(2)20/h3-10,18H,1-2H3,(H,17,20). The first kappa shape index (κ1) is 16.7. The van der Waals surface area contributed by atoms with Crippen LogP contribution < -0.4 is 10.0 Å². The second-order valence-electron chi connectivity index (χ2n) is 4.95. The molecule has 0 spiro atoms. The third-order valence-electron chi connectivity index (χ3n) is 2.99. The molecule has 1 amide bonds. The topological polar surface area (TPSA) is 92.3 Å². The van der Waals surface area contributed by atoms with Gasteiger partial charge in [-0.3, -0.25) is 14.3 Å². The Hall–Kier alpha value is -2.67. The van der Waals surface area contributed by atoms with E-state index >= 15 is 0 Å². The Kier molecular flexibility index (Phi) is 4.80. The van der Waals surface area contributed by atoms with Crippen molar-refractivity contribution in [3.8, 4) is 0 Å². The Morgan fingerprint density at radius 1 is 0.913 bits per heavy atom. The smallest absolute Gasteiger partial charge is 0.261 e. The van der Waals surface area contributed by atoms with Gasteiger partial charge in [0.05, 0.1) is 10.6 Å². The summed E-state index contributed by atoms with van der Waals surface area (Å²) in [6.07, 6.45) is 0. The van der Waals surface area contributed by atoms with E-state index in [1.54, 1.807) is 24.3 Å². The van der Waals surface area contributed by atoms with Crippen molar-refractivity contribution in [1.29, 1.82) is 0 Å². The van der Waals surface area contributed by atoms with Crippen LogP contribution in [0.5, 0.6) is 0 Å². The van der Waals surface area contributed by atoms with E-state index in [2.05, 4.69) is 10.0 Å². The average molecular weight is 332 g/mol. The Balaban J connectivity index is 2.29. The van der Waals surface area contributed by atoms with Gasteiger partial charge in [0.25, 0.3) is 10.0 Å². The Labute approximate surface area is 134 Å². The van der Waals surface area contributed by atoms with Crippen LogP contribution >= 0.6 is 0 Å². The number of carbonyl (C=O) groups is 2. The first-order valence-electron chi connectivity index (χ1n) is 6.79. The molecule has 0 bridgehead atoms. The van der Waals surface area contributed by atoms with E-state index in [1.807, 2.05) is 0 Å². The van der Waals surface area contributed by atoms with Gasteiger partial charge in [-0.25, -0.2) is 8.42 Å². The van der Waals surface area contributed by atoms with Crippen molar-refractivity contribution in [2.24, 2.45) is 0 Å². The van der Waals surface area contributed by atoms with Gasteiger partial charge >= 0.3 is 0 Å². The van der Waals surface area contributed by atoms with Gasteiger partial charge in [0.2, 0.25) is 5.91 Å². The zero-order chi connectivity index (χ0) is 17.0. The maximum absolute atomic E-state index is 12.4. The van der Waals surface area contributed by atoms with E-state index < -0.39 is 10.0 Å². The molecule has 6 nitrogen and oxygen atoms in total. The minimum absolute atomic E-state index is 0.00451. The van der Waals surface area contributed by atoms with Crippen LogP contribution in [0.4, 0.5) is 11.4 Å². The molecule has 0 saturated heterocycles. The molecular weight excluding hydrogens is 316 g/mol. The zero-order valence-electron chi connectivity index (χ0n) is 12.7. The lowest BCUT2D eigenvalue weighted by Gasteiger charge is -2.10. The fourth-order valence-corrected chi connectivity index (χ4v) is 3.05. The number of ketones is 1. The molecular formula is C16H16N2O4S. The van der Waals surface area contributed by atoms with Gasteiger partial charge in [0.1, 0.15) is 0 Å². The van der Waals surface area contributed by atoms with Gasteiger partial charge in [0.15, 0.2) is 5.78 Å². The molecule has 0 atom stereocenters. The summed E-state index contributed by atoms with van der Waals surface area (Å²) < 4.78 is 27.2. The minimum atomic E-state index is -3.83. The fraction of sp³-hybridized carbons (Fsp3) is 0.125. The van der Waals surface area contributed by atoms with Gasteiger partial charge in [-0.05, 0) is 37.3 Å². The van der Waals surface area contributed by atoms with Crippen LogP contribution in [0.1, 0.15) is 24.2 Å². The van der Waals surface area contributed by atoms with E-state index in [1.165, 1.54) is 38.1 Å². The number of sulfonamides is 1. The van der Waals surface area contributed by atoms with Crippen molar-refractivity contribution in [2.45, 2.75) is 18.7 Å². The number of nitrogens with one attached hydrogen (secondary N) is 2. The van der Waals surface area contributed by atoms with Crippen LogP contribution in [0.15, 0.2) is 53.4 Å². The summed E-state index contributed by atoms with van der Waals surface area (Å²) in [6.45, 7) is 2.74. The summed E-state index contributed by atoms with van der Waals surface area (Å²) in [4.78, 5) is 22.4. The molecule has 0 unspecified atom stereocenters. The van der Waals surface area contributed by atoms with Crippen LogP contribution in [0, 0.1) is 0 Å². The molecule has 23 heavy (non-hydrogen) atoms. The average Bonchev–Trinajstić information content (AvgIpc) is 2.46. The van der Waals surface area contributed by atoms with Gasteiger partial charge < -0.3 is 5.32 Å². The van der Waals surface area contributed by atoms with Gasteiger partial charge in [0, 0.05) is 18.2 Å². The van der Waals surface area contributed by atoms with Gasteiger partial charge in [-0.15, -0.1) is 0 Å². The van der Waals surface area contributed by atoms with Crippen molar-refractivity contribution >= 4 is 33.1 Å². The molecule has 2 rings (SSSR count). The molecule has 0 fully saturated rings. The van der Waals surface area contributed by atoms with Crippen molar-refractivity contribution in [1.82, 2.24) is 0 Å². The minimum Gasteiger partial charge on any atom is -0.326 e. The summed E-state index contributed by atoms with van der Waals surface area (Å²) in [5.41, 5.74) is 1.11. The highest BCUT2D eigenvalue weighted by atomic mass is 32.2. The number of hydrogen-bond acceptors (Lipinski definition) is 4. The van der Waals surface area contributed by atoms with Gasteiger partial charge in [-0.1, -0.05) is 18.2 Å². The van der Waals surface area contributed by atoms with Crippen molar-refractivity contribution in [2.75, 3.05) is 10.0 Å². The molecule has 0 heterocycles. The summed E-state index contributed by atoms with van der Waals surface area (Å²) >= 11 is 0. The molecule has 0 aromatic heterocycles. The normalized spacial score (nSPS) is 10.9. The number of anilines is 2. The third kappa shape index (κ3) is 4.40. The molecule has 2 N–H and O–H groups in total. The molecule has 0 saturated carbocycles. The Morgan fingerprint density at radius 2 is 1.57 bits per heavy atom. The lowest BCUT2D eigenvalue weighted by atomic mass is 10.2. The number of amides is 1. The predicted octanol–water partition coefficient (Wildman–Crippen LogP) is 2.65. The van der Waals surface area contributed by atoms with E-state index in [-0.39, 0.29) is 16.6 Å². The van der Waals surface area contributed by atoms with Crippen LogP contribution in [-0.4, -0.2) is 20.1 Å². The van der Waals surface area contributed by atoms with E-state index in [0.29, 0.717) is 16.9 Å². The van der Waals surface area contributed by atoms with E-state index in [0.717, 1.165) is 0 Å². The molecule has 0 aliphatic carbocycles. The first-order chi connectivity index (χ1) is 10.8. The zero-order valence-corrected chi connectivity index (χ0v) is 13.5. The maximum atomic E-state index is 12.4. The third-order valence-corrected chi connectivity index (χ3v) is 4.36. The largest absolute Gasteiger partial charge is 0.326 e. The molecule has 7 heteroatoms.